The summed E-state index contributed by atoms with van der Waals surface area (Å²) in [5, 5.41) is 0. The van der Waals surface area contributed by atoms with Gasteiger partial charge in [-0.3, -0.25) is 9.59 Å². The van der Waals surface area contributed by atoms with Crippen LogP contribution in [0.4, 0.5) is 0 Å². The first-order valence-electron chi connectivity index (χ1n) is 9.68. The lowest BCUT2D eigenvalue weighted by Crippen LogP contribution is -2.44. The molecule has 2 atom stereocenters. The molecular weight excluding hydrogens is 398 g/mol. The molecule has 1 aliphatic rings. The lowest BCUT2D eigenvalue weighted by molar-refractivity contribution is -0.124. The Morgan fingerprint density at radius 3 is 2.03 bits per heavy atom. The first-order valence-corrected chi connectivity index (χ1v) is 11.1. The normalized spacial score (nSPS) is 19.1. The largest absolute Gasteiger partial charge is 0.292 e. The molecule has 1 heterocycles. The van der Waals surface area contributed by atoms with Crippen molar-refractivity contribution in [3.63, 3.8) is 0 Å². The second-order valence-electron chi connectivity index (χ2n) is 7.40. The van der Waals surface area contributed by atoms with Crippen LogP contribution in [0.3, 0.4) is 0 Å². The van der Waals surface area contributed by atoms with Gasteiger partial charge in [0.1, 0.15) is 6.04 Å². The van der Waals surface area contributed by atoms with Crippen LogP contribution < -0.4 is 0 Å². The zero-order valence-electron chi connectivity index (χ0n) is 16.4. The van der Waals surface area contributed by atoms with E-state index < -0.39 is 27.9 Å². The van der Waals surface area contributed by atoms with Crippen molar-refractivity contribution in [2.24, 2.45) is 0 Å². The molecule has 3 aromatic carbocycles. The van der Waals surface area contributed by atoms with Crippen molar-refractivity contribution in [1.82, 2.24) is 4.31 Å². The number of carbonyl (C=O) groups excluding carboxylic acids is 2. The topological polar surface area (TPSA) is 71.5 Å². The zero-order valence-corrected chi connectivity index (χ0v) is 17.2. The number of sulfonamides is 1. The minimum absolute atomic E-state index is 0.000948. The minimum atomic E-state index is -4.18. The fourth-order valence-corrected chi connectivity index (χ4v) is 5.47. The summed E-state index contributed by atoms with van der Waals surface area (Å²) < 4.78 is 27.7. The third kappa shape index (κ3) is 3.55. The van der Waals surface area contributed by atoms with Crippen molar-refractivity contribution in [3.8, 4) is 0 Å². The van der Waals surface area contributed by atoms with Crippen LogP contribution in [-0.4, -0.2) is 30.5 Å². The summed E-state index contributed by atoms with van der Waals surface area (Å²) in [5.74, 6) is -1.50. The van der Waals surface area contributed by atoms with Gasteiger partial charge < -0.3 is 0 Å². The number of amides is 1. The van der Waals surface area contributed by atoms with Crippen LogP contribution in [0.5, 0.6) is 0 Å². The Morgan fingerprint density at radius 1 is 0.867 bits per heavy atom. The van der Waals surface area contributed by atoms with Gasteiger partial charge in [0.2, 0.25) is 5.91 Å². The van der Waals surface area contributed by atoms with Gasteiger partial charge in [0.25, 0.3) is 10.0 Å². The molecule has 1 aliphatic heterocycles. The van der Waals surface area contributed by atoms with Crippen molar-refractivity contribution < 1.29 is 18.0 Å². The predicted octanol–water partition coefficient (Wildman–Crippen LogP) is 3.95. The van der Waals surface area contributed by atoms with Crippen molar-refractivity contribution in [2.75, 3.05) is 0 Å². The van der Waals surface area contributed by atoms with Crippen molar-refractivity contribution in [2.45, 2.75) is 30.2 Å². The molecule has 0 radical (unpaired) electrons. The average Bonchev–Trinajstić information content (AvgIpc) is 3.12. The summed E-state index contributed by atoms with van der Waals surface area (Å²) >= 11 is 0. The van der Waals surface area contributed by atoms with Crippen molar-refractivity contribution in [1.29, 1.82) is 0 Å². The molecule has 30 heavy (non-hydrogen) atoms. The van der Waals surface area contributed by atoms with Crippen molar-refractivity contribution >= 4 is 21.7 Å². The first-order chi connectivity index (χ1) is 14.4. The number of benzene rings is 3. The van der Waals surface area contributed by atoms with Gasteiger partial charge in [-0.15, -0.1) is 0 Å². The summed E-state index contributed by atoms with van der Waals surface area (Å²) in [4.78, 5) is 26.4. The summed E-state index contributed by atoms with van der Waals surface area (Å²) in [7, 11) is -4.18. The van der Waals surface area contributed by atoms with Crippen LogP contribution in [0.1, 0.15) is 33.8 Å². The average molecular weight is 420 g/mol. The number of Topliss-reactive ketones (excluding diaryl/α,β-unsaturated/α-hetero) is 1. The van der Waals surface area contributed by atoms with Gasteiger partial charge in [-0.25, -0.2) is 12.7 Å². The summed E-state index contributed by atoms with van der Waals surface area (Å²) in [6.45, 7) is 1.85. The lowest BCUT2D eigenvalue weighted by Gasteiger charge is -2.27. The summed E-state index contributed by atoms with van der Waals surface area (Å²) in [6, 6.07) is 22.8. The molecule has 0 saturated carbocycles. The Labute approximate surface area is 176 Å². The Bertz CT molecular complexity index is 1170. The molecule has 1 amide bonds. The third-order valence-electron chi connectivity index (χ3n) is 5.41. The summed E-state index contributed by atoms with van der Waals surface area (Å²) in [5.41, 5.74) is 2.05. The smallest absolute Gasteiger partial charge is 0.267 e. The highest BCUT2D eigenvalue weighted by Gasteiger charge is 2.50. The van der Waals surface area contributed by atoms with Crippen LogP contribution in [0, 0.1) is 6.92 Å². The highest BCUT2D eigenvalue weighted by molar-refractivity contribution is 7.89. The van der Waals surface area contributed by atoms with Gasteiger partial charge in [0.05, 0.1) is 4.90 Å². The van der Waals surface area contributed by atoms with Gasteiger partial charge >= 0.3 is 0 Å². The van der Waals surface area contributed by atoms with E-state index in [0.29, 0.717) is 5.56 Å². The van der Waals surface area contributed by atoms with E-state index in [4.69, 9.17) is 0 Å². The minimum Gasteiger partial charge on any atom is -0.292 e. The van der Waals surface area contributed by atoms with Gasteiger partial charge in [0.15, 0.2) is 5.78 Å². The molecule has 0 aliphatic carbocycles. The molecule has 5 nitrogen and oxygen atoms in total. The number of rotatable bonds is 5. The van der Waals surface area contributed by atoms with E-state index in [9.17, 15) is 18.0 Å². The number of carbonyl (C=O) groups is 2. The molecule has 1 fully saturated rings. The molecule has 0 N–H and O–H groups in total. The number of ketones is 1. The highest BCUT2D eigenvalue weighted by atomic mass is 32.2. The molecule has 1 saturated heterocycles. The fourth-order valence-electron chi connectivity index (χ4n) is 3.88. The Morgan fingerprint density at radius 2 is 1.43 bits per heavy atom. The third-order valence-corrected chi connectivity index (χ3v) is 7.22. The zero-order chi connectivity index (χ0) is 21.3. The quantitative estimate of drug-likeness (QED) is 0.587. The maximum Gasteiger partial charge on any atom is 0.267 e. The Hall–Kier alpha value is -3.25. The van der Waals surface area contributed by atoms with Crippen LogP contribution >= 0.6 is 0 Å². The van der Waals surface area contributed by atoms with Gasteiger partial charge in [0, 0.05) is 17.9 Å². The van der Waals surface area contributed by atoms with Crippen LogP contribution in [0.2, 0.25) is 0 Å². The monoisotopic (exact) mass is 419 g/mol. The molecule has 152 valence electrons. The molecule has 6 heteroatoms. The number of aryl methyl sites for hydroxylation is 1. The number of nitrogens with zero attached hydrogens (tertiary/aromatic N) is 1. The van der Waals surface area contributed by atoms with E-state index >= 15 is 0 Å². The van der Waals surface area contributed by atoms with Gasteiger partial charge in [-0.1, -0.05) is 78.4 Å². The van der Waals surface area contributed by atoms with E-state index in [2.05, 4.69) is 0 Å². The van der Waals surface area contributed by atoms with Gasteiger partial charge in [-0.2, -0.15) is 0 Å². The SMILES string of the molecule is Cc1ccc(S(=O)(=O)N2C(=O)C[C@H](c3ccccc3)[C@H]2C(=O)c2ccccc2)cc1. The molecule has 0 unspecified atom stereocenters. The first kappa shape index (κ1) is 20.0. The van der Waals surface area contributed by atoms with Crippen LogP contribution in [0.25, 0.3) is 0 Å². The van der Waals surface area contributed by atoms with E-state index in [0.717, 1.165) is 15.4 Å². The maximum atomic E-state index is 13.5. The molecular formula is C24H21NO4S. The Balaban J connectivity index is 1.84. The molecule has 3 aromatic rings. The standard InChI is InChI=1S/C24H21NO4S/c1-17-12-14-20(15-13-17)30(28,29)25-22(26)16-21(18-8-4-2-5-9-18)23(25)24(27)19-10-6-3-7-11-19/h2-15,21,23H,16H2,1H3/t21-,23+/m1/s1. The van der Waals surface area contributed by atoms with Gasteiger partial charge in [-0.05, 0) is 24.6 Å². The predicted molar refractivity (Wildman–Crippen MR) is 114 cm³/mol. The maximum absolute atomic E-state index is 13.5. The number of hydrogen-bond acceptors (Lipinski definition) is 4. The second kappa shape index (κ2) is 7.88. The van der Waals surface area contributed by atoms with Crippen molar-refractivity contribution in [3.05, 3.63) is 102 Å². The summed E-state index contributed by atoms with van der Waals surface area (Å²) in [6.07, 6.45) is -0.0433. The van der Waals surface area contributed by atoms with E-state index in [1.165, 1.54) is 12.1 Å². The second-order valence-corrected chi connectivity index (χ2v) is 9.22. The molecule has 0 bridgehead atoms. The number of hydrogen-bond donors (Lipinski definition) is 0. The van der Waals surface area contributed by atoms with E-state index in [1.807, 2.05) is 37.3 Å². The molecule has 0 aromatic heterocycles. The van der Waals surface area contributed by atoms with Crippen LogP contribution in [0.15, 0.2) is 89.8 Å². The molecule has 4 rings (SSSR count). The fraction of sp³-hybridized carbons (Fsp3) is 0.167. The van der Waals surface area contributed by atoms with Crippen LogP contribution in [-0.2, 0) is 14.8 Å². The molecule has 0 spiro atoms. The lowest BCUT2D eigenvalue weighted by atomic mass is 9.87. The van der Waals surface area contributed by atoms with E-state index in [1.54, 1.807) is 42.5 Å². The Kier molecular flexibility index (Phi) is 5.26. The highest BCUT2D eigenvalue weighted by Crippen LogP contribution is 2.39. The van der Waals surface area contributed by atoms with E-state index in [-0.39, 0.29) is 17.1 Å².